The summed E-state index contributed by atoms with van der Waals surface area (Å²) in [5.41, 5.74) is 7.58. The fourth-order valence-corrected chi connectivity index (χ4v) is 2.22. The molecule has 0 spiro atoms. The summed E-state index contributed by atoms with van der Waals surface area (Å²) in [6.45, 7) is 1.96. The van der Waals surface area contributed by atoms with E-state index in [9.17, 15) is 9.59 Å². The van der Waals surface area contributed by atoms with Gasteiger partial charge in [0.15, 0.2) is 6.04 Å². The monoisotopic (exact) mass is 336 g/mol. The Morgan fingerprint density at radius 2 is 1.72 bits per heavy atom. The molecule has 7 nitrogen and oxygen atoms in total. The van der Waals surface area contributed by atoms with Gasteiger partial charge in [0.05, 0.1) is 0 Å². The molecular formula is C18H16N4O3. The number of rotatable bonds is 5. The van der Waals surface area contributed by atoms with Crippen LogP contribution in [-0.2, 0) is 4.79 Å². The van der Waals surface area contributed by atoms with Crippen molar-refractivity contribution in [3.63, 3.8) is 0 Å². The maximum absolute atomic E-state index is 12.2. The highest BCUT2D eigenvalue weighted by molar-refractivity contribution is 5.97. The Morgan fingerprint density at radius 1 is 1.04 bits per heavy atom. The van der Waals surface area contributed by atoms with E-state index in [1.54, 1.807) is 30.3 Å². The zero-order valence-corrected chi connectivity index (χ0v) is 13.5. The maximum Gasteiger partial charge on any atom is 0.252 e. The molecule has 1 heterocycles. The van der Waals surface area contributed by atoms with Gasteiger partial charge in [0.2, 0.25) is 17.7 Å². The second-order valence-electron chi connectivity index (χ2n) is 5.49. The summed E-state index contributed by atoms with van der Waals surface area (Å²) in [6, 6.07) is 14.7. The lowest BCUT2D eigenvalue weighted by atomic mass is 10.1. The fourth-order valence-electron chi connectivity index (χ4n) is 2.22. The van der Waals surface area contributed by atoms with Gasteiger partial charge in [-0.15, -0.1) is 10.2 Å². The largest absolute Gasteiger partial charge is 0.418 e. The molecule has 3 aromatic rings. The van der Waals surface area contributed by atoms with Crippen molar-refractivity contribution in [3.05, 3.63) is 71.6 Å². The van der Waals surface area contributed by atoms with Crippen molar-refractivity contribution in [1.82, 2.24) is 15.5 Å². The zero-order chi connectivity index (χ0) is 17.8. The van der Waals surface area contributed by atoms with Crippen LogP contribution >= 0.6 is 0 Å². The van der Waals surface area contributed by atoms with Gasteiger partial charge < -0.3 is 15.5 Å². The minimum atomic E-state index is -1.21. The molecule has 3 N–H and O–H groups in total. The van der Waals surface area contributed by atoms with E-state index in [0.29, 0.717) is 11.1 Å². The Hall–Kier alpha value is -3.48. The first-order valence-corrected chi connectivity index (χ1v) is 7.60. The van der Waals surface area contributed by atoms with Gasteiger partial charge in [0, 0.05) is 11.1 Å². The minimum Gasteiger partial charge on any atom is -0.418 e. The van der Waals surface area contributed by atoms with E-state index in [1.165, 1.54) is 0 Å². The van der Waals surface area contributed by atoms with Gasteiger partial charge in [-0.3, -0.25) is 9.59 Å². The number of nitrogens with two attached hydrogens (primary N) is 1. The summed E-state index contributed by atoms with van der Waals surface area (Å²) < 4.78 is 5.53. The molecule has 0 saturated carbocycles. The third kappa shape index (κ3) is 3.72. The first-order chi connectivity index (χ1) is 12.0. The predicted molar refractivity (Wildman–Crippen MR) is 90.3 cm³/mol. The first-order valence-electron chi connectivity index (χ1n) is 7.60. The Morgan fingerprint density at radius 3 is 2.36 bits per heavy atom. The molecule has 0 bridgehead atoms. The van der Waals surface area contributed by atoms with Gasteiger partial charge in [-0.1, -0.05) is 35.9 Å². The molecule has 0 unspecified atom stereocenters. The van der Waals surface area contributed by atoms with Crippen molar-refractivity contribution in [3.8, 4) is 11.5 Å². The molecule has 7 heteroatoms. The quantitative estimate of drug-likeness (QED) is 0.740. The molecule has 126 valence electrons. The number of primary amides is 1. The van der Waals surface area contributed by atoms with Crippen molar-refractivity contribution < 1.29 is 14.0 Å². The highest BCUT2D eigenvalue weighted by atomic mass is 16.4. The van der Waals surface area contributed by atoms with Crippen LogP contribution in [0.2, 0.25) is 0 Å². The number of aromatic nitrogens is 2. The number of amides is 2. The van der Waals surface area contributed by atoms with E-state index in [2.05, 4.69) is 15.5 Å². The Balaban J connectivity index is 1.83. The van der Waals surface area contributed by atoms with Crippen LogP contribution in [0.5, 0.6) is 0 Å². The first kappa shape index (κ1) is 16.4. The van der Waals surface area contributed by atoms with E-state index in [4.69, 9.17) is 10.2 Å². The van der Waals surface area contributed by atoms with Crippen LogP contribution in [0.3, 0.4) is 0 Å². The van der Waals surface area contributed by atoms with Crippen molar-refractivity contribution in [2.45, 2.75) is 13.0 Å². The zero-order valence-electron chi connectivity index (χ0n) is 13.5. The lowest BCUT2D eigenvalue weighted by Crippen LogP contribution is -2.37. The lowest BCUT2D eigenvalue weighted by Gasteiger charge is -2.11. The van der Waals surface area contributed by atoms with E-state index >= 15 is 0 Å². The number of nitrogens with one attached hydrogen (secondary N) is 1. The summed E-state index contributed by atoms with van der Waals surface area (Å²) in [7, 11) is 0. The lowest BCUT2D eigenvalue weighted by molar-refractivity contribution is -0.120. The summed E-state index contributed by atoms with van der Waals surface area (Å²) in [6.07, 6.45) is 0. The Labute approximate surface area is 143 Å². The Kier molecular flexibility index (Phi) is 4.56. The molecule has 0 fully saturated rings. The summed E-state index contributed by atoms with van der Waals surface area (Å²) >= 11 is 0. The van der Waals surface area contributed by atoms with Crippen LogP contribution in [0.1, 0.15) is 27.9 Å². The van der Waals surface area contributed by atoms with Crippen LogP contribution < -0.4 is 11.1 Å². The molecule has 1 aromatic heterocycles. The van der Waals surface area contributed by atoms with Crippen LogP contribution in [0, 0.1) is 6.92 Å². The molecule has 0 aliphatic rings. The SMILES string of the molecule is Cc1ccc(-c2nnc([C@@H](NC(=O)c3ccccc3)C(N)=O)o2)cc1. The third-order valence-corrected chi connectivity index (χ3v) is 3.58. The normalized spacial score (nSPS) is 11.7. The molecule has 0 saturated heterocycles. The highest BCUT2D eigenvalue weighted by Crippen LogP contribution is 2.21. The second kappa shape index (κ2) is 6.96. The van der Waals surface area contributed by atoms with Gasteiger partial charge in [-0.05, 0) is 31.2 Å². The standard InChI is InChI=1S/C18H16N4O3/c1-11-7-9-13(10-8-11)17-21-22-18(25-17)14(15(19)23)20-16(24)12-5-3-2-4-6-12/h2-10,14H,1H3,(H2,19,23)(H,20,24)/t14-/m0/s1. The molecule has 1 atom stereocenters. The van der Waals surface area contributed by atoms with E-state index in [0.717, 1.165) is 5.56 Å². The number of benzene rings is 2. The van der Waals surface area contributed by atoms with Gasteiger partial charge in [-0.2, -0.15) is 0 Å². The molecule has 0 aliphatic carbocycles. The van der Waals surface area contributed by atoms with Crippen LogP contribution in [0.25, 0.3) is 11.5 Å². The smallest absolute Gasteiger partial charge is 0.252 e. The average Bonchev–Trinajstić information content (AvgIpc) is 3.10. The third-order valence-electron chi connectivity index (χ3n) is 3.58. The van der Waals surface area contributed by atoms with Crippen molar-refractivity contribution in [2.75, 3.05) is 0 Å². The van der Waals surface area contributed by atoms with Crippen LogP contribution in [-0.4, -0.2) is 22.0 Å². The van der Waals surface area contributed by atoms with Crippen LogP contribution in [0.15, 0.2) is 59.0 Å². The van der Waals surface area contributed by atoms with Crippen molar-refractivity contribution in [2.24, 2.45) is 5.73 Å². The summed E-state index contributed by atoms with van der Waals surface area (Å²) in [4.78, 5) is 24.0. The second-order valence-corrected chi connectivity index (χ2v) is 5.49. The minimum absolute atomic E-state index is 0.0626. The summed E-state index contributed by atoms with van der Waals surface area (Å²) in [5.74, 6) is -1.06. The number of carbonyl (C=O) groups excluding carboxylic acids is 2. The van der Waals surface area contributed by atoms with Crippen molar-refractivity contribution >= 4 is 11.8 Å². The average molecular weight is 336 g/mol. The van der Waals surface area contributed by atoms with Gasteiger partial charge in [0.1, 0.15) is 0 Å². The van der Waals surface area contributed by atoms with Gasteiger partial charge >= 0.3 is 0 Å². The fraction of sp³-hybridized carbons (Fsp3) is 0.111. The van der Waals surface area contributed by atoms with Gasteiger partial charge in [0.25, 0.3) is 5.91 Å². The molecule has 3 rings (SSSR count). The molecule has 25 heavy (non-hydrogen) atoms. The molecule has 0 radical (unpaired) electrons. The topological polar surface area (TPSA) is 111 Å². The molecule has 2 amide bonds. The molecule has 2 aromatic carbocycles. The number of hydrogen-bond acceptors (Lipinski definition) is 5. The predicted octanol–water partition coefficient (Wildman–Crippen LogP) is 2.00. The van der Waals surface area contributed by atoms with Crippen molar-refractivity contribution in [1.29, 1.82) is 0 Å². The Bertz CT molecular complexity index is 888. The maximum atomic E-state index is 12.2. The van der Waals surface area contributed by atoms with Crippen LogP contribution in [0.4, 0.5) is 0 Å². The number of nitrogens with zero attached hydrogens (tertiary/aromatic N) is 2. The molecular weight excluding hydrogens is 320 g/mol. The number of carbonyl (C=O) groups is 2. The molecule has 0 aliphatic heterocycles. The summed E-state index contributed by atoms with van der Waals surface area (Å²) in [5, 5.41) is 10.3. The highest BCUT2D eigenvalue weighted by Gasteiger charge is 2.27. The van der Waals surface area contributed by atoms with E-state index < -0.39 is 17.9 Å². The number of aryl methyl sites for hydroxylation is 1. The van der Waals surface area contributed by atoms with E-state index in [1.807, 2.05) is 31.2 Å². The number of hydrogen-bond donors (Lipinski definition) is 2. The van der Waals surface area contributed by atoms with E-state index in [-0.39, 0.29) is 11.8 Å². The van der Waals surface area contributed by atoms with Gasteiger partial charge in [-0.25, -0.2) is 0 Å².